The number of carbonyl (C=O) groups is 1. The number of carbonyl (C=O) groups excluding carboxylic acids is 1. The second-order valence-electron chi connectivity index (χ2n) is 12.7. The van der Waals surface area contributed by atoms with Gasteiger partial charge in [-0.05, 0) is 119 Å². The summed E-state index contributed by atoms with van der Waals surface area (Å²) in [7, 11) is 0. The summed E-state index contributed by atoms with van der Waals surface area (Å²) in [5.74, 6) is 1.44. The summed E-state index contributed by atoms with van der Waals surface area (Å²) < 4.78 is 6.53. The van der Waals surface area contributed by atoms with Crippen LogP contribution in [-0.4, -0.2) is 37.7 Å². The Morgan fingerprint density at radius 3 is 2.49 bits per heavy atom. The van der Waals surface area contributed by atoms with Crippen molar-refractivity contribution in [1.82, 2.24) is 20.3 Å². The summed E-state index contributed by atoms with van der Waals surface area (Å²) in [4.78, 5) is 37.2. The molecule has 1 aliphatic carbocycles. The van der Waals surface area contributed by atoms with Gasteiger partial charge in [-0.3, -0.25) is 14.8 Å². The summed E-state index contributed by atoms with van der Waals surface area (Å²) in [5, 5.41) is 5.61. The minimum Gasteiger partial charge on any atom is -0.438 e. The van der Waals surface area contributed by atoms with Gasteiger partial charge in [0.2, 0.25) is 5.89 Å². The molecule has 0 spiro atoms. The van der Waals surface area contributed by atoms with Crippen molar-refractivity contribution in [3.8, 4) is 11.5 Å². The quantitative estimate of drug-likeness (QED) is 0.490. The zero-order chi connectivity index (χ0) is 29.6. The third-order valence-corrected chi connectivity index (χ3v) is 9.08. The Kier molecular flexibility index (Phi) is 5.30. The van der Waals surface area contributed by atoms with E-state index in [0.717, 1.165) is 63.3 Å². The van der Waals surface area contributed by atoms with Crippen LogP contribution in [0.15, 0.2) is 92.7 Å². The molecule has 2 atom stereocenters. The number of hydrogen-bond donors (Lipinski definition) is 2. The number of pyridine rings is 1. The molecule has 2 N–H and O–H groups in total. The molecule has 8 nitrogen and oxygen atoms in total. The number of ketones is 1. The van der Waals surface area contributed by atoms with E-state index in [1.54, 1.807) is 6.20 Å². The number of oxazole rings is 1. The van der Waals surface area contributed by atoms with Crippen molar-refractivity contribution in [2.45, 2.75) is 51.6 Å². The average Bonchev–Trinajstić information content (AvgIpc) is 3.24. The molecule has 214 valence electrons. The van der Waals surface area contributed by atoms with Crippen LogP contribution in [0.2, 0.25) is 0 Å². The van der Waals surface area contributed by atoms with Gasteiger partial charge in [-0.2, -0.15) is 0 Å². The van der Waals surface area contributed by atoms with Gasteiger partial charge in [0.05, 0.1) is 33.8 Å². The summed E-state index contributed by atoms with van der Waals surface area (Å²) in [5.41, 5.74) is 3.03. The number of nitrogens with one attached hydrogen (secondary N) is 2. The minimum absolute atomic E-state index is 0.147. The maximum atomic E-state index is 14.4. The predicted molar refractivity (Wildman–Crippen MR) is 167 cm³/mol. The third kappa shape index (κ3) is 4.07. The first-order valence-electron chi connectivity index (χ1n) is 14.8. The first-order valence-corrected chi connectivity index (χ1v) is 14.8. The molecule has 4 aliphatic heterocycles. The van der Waals surface area contributed by atoms with E-state index in [4.69, 9.17) is 19.4 Å². The molecular weight excluding hydrogens is 536 g/mol. The van der Waals surface area contributed by atoms with Crippen molar-refractivity contribution >= 4 is 29.4 Å². The summed E-state index contributed by atoms with van der Waals surface area (Å²) in [6.45, 7) is 7.88. The molecule has 8 heteroatoms. The van der Waals surface area contributed by atoms with Gasteiger partial charge in [-0.15, -0.1) is 0 Å². The van der Waals surface area contributed by atoms with Crippen LogP contribution >= 0.6 is 0 Å². The standard InChI is InChI=1S/C35H32N6O2/c1-20-5-6-22(19-36-20)31-37-21(2)30(43-31)34-14-13-27(40-34)16-26-10-9-24(38-26)15-25-11-12-28(39-25)17-35(23-7-8-23)32(42)33(3,4)29(18-34)41-35/h5-6,9-19,23,38,41H,7-8H2,1-4H3. The normalized spacial score (nSPS) is 26.7. The van der Waals surface area contributed by atoms with Gasteiger partial charge in [0.15, 0.2) is 17.1 Å². The molecule has 43 heavy (non-hydrogen) atoms. The lowest BCUT2D eigenvalue weighted by molar-refractivity contribution is -0.127. The number of aliphatic imine (C=N–C) groups is 2. The van der Waals surface area contributed by atoms with Crippen molar-refractivity contribution in [2.24, 2.45) is 21.3 Å². The number of H-pyrrole nitrogens is 1. The molecule has 3 aromatic heterocycles. The first-order chi connectivity index (χ1) is 20.6. The molecule has 8 rings (SSSR count). The third-order valence-electron chi connectivity index (χ3n) is 9.08. The summed E-state index contributed by atoms with van der Waals surface area (Å²) in [6.07, 6.45) is 19.9. The number of nitrogens with zero attached hydrogens (tertiary/aromatic N) is 4. The Balaban J connectivity index is 1.37. The van der Waals surface area contributed by atoms with Crippen molar-refractivity contribution in [2.75, 3.05) is 0 Å². The number of rotatable bonds is 3. The number of aromatic nitrogens is 3. The Bertz CT molecular complexity index is 2030. The smallest absolute Gasteiger partial charge is 0.228 e. The SMILES string of the molecule is Cc1ccc(-c2nc(C)c(C34C=CC(=N3)C=c3ccc([nH]3)=CC3=NC(=CC5(C6CC6)NC(=C4)C(C)(C)C5=O)C=C3)o2)cn1. The molecular formula is C35H32N6O2. The molecule has 2 unspecified atom stereocenters. The Hall–Kier alpha value is -4.85. The summed E-state index contributed by atoms with van der Waals surface area (Å²) in [6, 6.07) is 7.96. The topological polar surface area (TPSA) is 109 Å². The van der Waals surface area contributed by atoms with Gasteiger partial charge in [0.1, 0.15) is 5.54 Å². The first kappa shape index (κ1) is 25.8. The van der Waals surface area contributed by atoms with Crippen molar-refractivity contribution in [1.29, 1.82) is 0 Å². The zero-order valence-electron chi connectivity index (χ0n) is 24.6. The van der Waals surface area contributed by atoms with E-state index in [-0.39, 0.29) is 11.7 Å². The predicted octanol–water partition coefficient (Wildman–Crippen LogP) is 4.29. The van der Waals surface area contributed by atoms with Gasteiger partial charge >= 0.3 is 0 Å². The fraction of sp³-hybridized carbons (Fsp3) is 0.286. The van der Waals surface area contributed by atoms with Crippen molar-refractivity contribution in [3.63, 3.8) is 0 Å². The second-order valence-corrected chi connectivity index (χ2v) is 12.7. The molecule has 2 fully saturated rings. The Morgan fingerprint density at radius 2 is 1.74 bits per heavy atom. The molecule has 5 aliphatic rings. The highest BCUT2D eigenvalue weighted by Crippen LogP contribution is 2.52. The number of allylic oxidation sites excluding steroid dienone is 4. The number of Topliss-reactive ketones (excluding diaryl/α,β-unsaturated/α-hetero) is 1. The average molecular weight is 569 g/mol. The van der Waals surface area contributed by atoms with E-state index in [1.807, 2.05) is 94.5 Å². The summed E-state index contributed by atoms with van der Waals surface area (Å²) >= 11 is 0. The molecule has 0 amide bonds. The van der Waals surface area contributed by atoms with Crippen LogP contribution in [0.3, 0.4) is 0 Å². The minimum atomic E-state index is -1.01. The van der Waals surface area contributed by atoms with E-state index >= 15 is 0 Å². The fourth-order valence-electron chi connectivity index (χ4n) is 6.60. The zero-order valence-corrected chi connectivity index (χ0v) is 24.6. The highest BCUT2D eigenvalue weighted by Gasteiger charge is 2.61. The Labute approximate surface area is 249 Å². The van der Waals surface area contributed by atoms with Crippen LogP contribution in [0.5, 0.6) is 0 Å². The number of aromatic amines is 1. The number of aryl methyl sites for hydroxylation is 2. The van der Waals surface area contributed by atoms with Crippen LogP contribution in [-0.2, 0) is 10.3 Å². The largest absolute Gasteiger partial charge is 0.438 e. The van der Waals surface area contributed by atoms with E-state index in [0.29, 0.717) is 11.7 Å². The Morgan fingerprint density at radius 1 is 0.953 bits per heavy atom. The number of hydrogen-bond acceptors (Lipinski definition) is 7. The van der Waals surface area contributed by atoms with Crippen LogP contribution in [0.1, 0.15) is 43.8 Å². The highest BCUT2D eigenvalue weighted by molar-refractivity contribution is 6.20. The number of fused-ring (bicyclic) bond motifs is 6. The molecule has 1 saturated heterocycles. The lowest BCUT2D eigenvalue weighted by Crippen LogP contribution is -2.47. The van der Waals surface area contributed by atoms with E-state index in [9.17, 15) is 4.79 Å². The van der Waals surface area contributed by atoms with Crippen molar-refractivity contribution in [3.05, 3.63) is 106 Å². The van der Waals surface area contributed by atoms with Gasteiger partial charge in [-0.1, -0.05) is 0 Å². The molecule has 8 bridgehead atoms. The monoisotopic (exact) mass is 568 g/mol. The van der Waals surface area contributed by atoms with E-state index < -0.39 is 16.5 Å². The molecule has 1 saturated carbocycles. The lowest BCUT2D eigenvalue weighted by atomic mass is 9.77. The molecule has 0 radical (unpaired) electrons. The van der Waals surface area contributed by atoms with E-state index in [1.165, 1.54) is 0 Å². The maximum absolute atomic E-state index is 14.4. The molecule has 0 aromatic carbocycles. The van der Waals surface area contributed by atoms with Gasteiger partial charge < -0.3 is 14.7 Å². The van der Waals surface area contributed by atoms with Crippen LogP contribution < -0.4 is 16.0 Å². The highest BCUT2D eigenvalue weighted by atomic mass is 16.4. The molecule has 7 heterocycles. The van der Waals surface area contributed by atoms with E-state index in [2.05, 4.69) is 21.4 Å². The fourth-order valence-corrected chi connectivity index (χ4v) is 6.60. The van der Waals surface area contributed by atoms with Crippen LogP contribution in [0, 0.1) is 25.2 Å². The van der Waals surface area contributed by atoms with Crippen LogP contribution in [0.4, 0.5) is 0 Å². The van der Waals surface area contributed by atoms with Gasteiger partial charge in [0.25, 0.3) is 0 Å². The van der Waals surface area contributed by atoms with Crippen molar-refractivity contribution < 1.29 is 9.21 Å². The molecule has 3 aromatic rings. The maximum Gasteiger partial charge on any atom is 0.228 e. The second kappa shape index (κ2) is 8.83. The lowest BCUT2D eigenvalue weighted by Gasteiger charge is -2.26. The van der Waals surface area contributed by atoms with Gasteiger partial charge in [-0.25, -0.2) is 9.98 Å². The van der Waals surface area contributed by atoms with Crippen LogP contribution in [0.25, 0.3) is 23.6 Å². The van der Waals surface area contributed by atoms with Gasteiger partial charge in [0, 0.05) is 28.3 Å².